The normalized spacial score (nSPS) is 10.4. The molecule has 2 rings (SSSR count). The molecular weight excluding hydrogens is 258 g/mol. The molecule has 0 aliphatic carbocycles. The van der Waals surface area contributed by atoms with Crippen molar-refractivity contribution in [1.82, 2.24) is 5.32 Å². The molecule has 2 aromatic carbocycles. The smallest absolute Gasteiger partial charge is 0.125 e. The lowest BCUT2D eigenvalue weighted by molar-refractivity contribution is 0.302. The minimum atomic E-state index is 0.556. The zero-order chi connectivity index (χ0) is 13.5. The summed E-state index contributed by atoms with van der Waals surface area (Å²) in [5, 5.41) is 4.00. The van der Waals surface area contributed by atoms with Gasteiger partial charge in [-0.3, -0.25) is 0 Å². The molecule has 2 aromatic rings. The van der Waals surface area contributed by atoms with E-state index in [0.717, 1.165) is 30.0 Å². The van der Waals surface area contributed by atoms with Crippen molar-refractivity contribution < 1.29 is 4.74 Å². The molecule has 3 heteroatoms. The second-order valence-electron chi connectivity index (χ2n) is 4.31. The standard InChI is InChI=1S/C16H18ClNO/c1-2-18-11-14-8-9-15(17)10-16(14)19-12-13-6-4-3-5-7-13/h3-10,18H,2,11-12H2,1H3. The van der Waals surface area contributed by atoms with Crippen molar-refractivity contribution in [3.8, 4) is 5.75 Å². The summed E-state index contributed by atoms with van der Waals surface area (Å²) in [6, 6.07) is 15.9. The van der Waals surface area contributed by atoms with Crippen LogP contribution in [-0.2, 0) is 13.2 Å². The predicted molar refractivity (Wildman–Crippen MR) is 79.6 cm³/mol. The number of nitrogens with one attached hydrogen (secondary N) is 1. The van der Waals surface area contributed by atoms with Crippen LogP contribution in [0.25, 0.3) is 0 Å². The van der Waals surface area contributed by atoms with E-state index >= 15 is 0 Å². The number of halogens is 1. The first-order chi connectivity index (χ1) is 9.29. The van der Waals surface area contributed by atoms with Gasteiger partial charge in [0.05, 0.1) is 0 Å². The van der Waals surface area contributed by atoms with Gasteiger partial charge in [-0.15, -0.1) is 0 Å². The van der Waals surface area contributed by atoms with E-state index in [2.05, 4.69) is 24.4 Å². The van der Waals surface area contributed by atoms with Gasteiger partial charge in [0.1, 0.15) is 12.4 Å². The quantitative estimate of drug-likeness (QED) is 0.859. The third kappa shape index (κ3) is 4.27. The molecule has 0 unspecified atom stereocenters. The number of hydrogen-bond donors (Lipinski definition) is 1. The Kier molecular flexibility index (Phi) is 5.25. The number of hydrogen-bond acceptors (Lipinski definition) is 2. The molecule has 0 aliphatic heterocycles. The maximum Gasteiger partial charge on any atom is 0.125 e. The molecule has 0 saturated heterocycles. The molecule has 2 nitrogen and oxygen atoms in total. The molecular formula is C16H18ClNO. The largest absolute Gasteiger partial charge is 0.489 e. The van der Waals surface area contributed by atoms with E-state index in [-0.39, 0.29) is 0 Å². The van der Waals surface area contributed by atoms with Crippen molar-refractivity contribution in [1.29, 1.82) is 0 Å². The van der Waals surface area contributed by atoms with Crippen molar-refractivity contribution in [2.75, 3.05) is 6.54 Å². The predicted octanol–water partition coefficient (Wildman–Crippen LogP) is 4.03. The van der Waals surface area contributed by atoms with Crippen LogP contribution in [0, 0.1) is 0 Å². The van der Waals surface area contributed by atoms with Crippen LogP contribution in [-0.4, -0.2) is 6.54 Å². The molecule has 100 valence electrons. The molecule has 0 radical (unpaired) electrons. The second-order valence-corrected chi connectivity index (χ2v) is 4.74. The highest BCUT2D eigenvalue weighted by atomic mass is 35.5. The van der Waals surface area contributed by atoms with Gasteiger partial charge in [-0.25, -0.2) is 0 Å². The summed E-state index contributed by atoms with van der Waals surface area (Å²) in [5.74, 6) is 0.845. The first-order valence-electron chi connectivity index (χ1n) is 6.45. The minimum Gasteiger partial charge on any atom is -0.489 e. The fourth-order valence-corrected chi connectivity index (χ4v) is 1.97. The maximum atomic E-state index is 6.03. The molecule has 0 aromatic heterocycles. The van der Waals surface area contributed by atoms with Gasteiger partial charge in [0, 0.05) is 17.1 Å². The summed E-state index contributed by atoms with van der Waals surface area (Å²) in [4.78, 5) is 0. The Balaban J connectivity index is 2.07. The Bertz CT molecular complexity index is 513. The van der Waals surface area contributed by atoms with Gasteiger partial charge in [-0.05, 0) is 24.2 Å². The van der Waals surface area contributed by atoms with E-state index in [9.17, 15) is 0 Å². The van der Waals surface area contributed by atoms with Gasteiger partial charge in [0.25, 0.3) is 0 Å². The molecule has 1 N–H and O–H groups in total. The molecule has 0 bridgehead atoms. The van der Waals surface area contributed by atoms with Crippen molar-refractivity contribution in [2.24, 2.45) is 0 Å². The average Bonchev–Trinajstić information content (AvgIpc) is 2.45. The fourth-order valence-electron chi connectivity index (χ4n) is 1.80. The van der Waals surface area contributed by atoms with Crippen molar-refractivity contribution in [3.05, 3.63) is 64.7 Å². The van der Waals surface area contributed by atoms with E-state index in [0.29, 0.717) is 11.6 Å². The lowest BCUT2D eigenvalue weighted by Crippen LogP contribution is -2.12. The summed E-state index contributed by atoms with van der Waals surface area (Å²) < 4.78 is 5.88. The van der Waals surface area contributed by atoms with Crippen LogP contribution >= 0.6 is 11.6 Å². The summed E-state index contributed by atoms with van der Waals surface area (Å²) >= 11 is 6.03. The van der Waals surface area contributed by atoms with Crippen LogP contribution in [0.4, 0.5) is 0 Å². The van der Waals surface area contributed by atoms with Crippen LogP contribution in [0.1, 0.15) is 18.1 Å². The second kappa shape index (κ2) is 7.17. The van der Waals surface area contributed by atoms with E-state index in [1.165, 1.54) is 0 Å². The highest BCUT2D eigenvalue weighted by Crippen LogP contribution is 2.24. The van der Waals surface area contributed by atoms with Gasteiger partial charge in [-0.2, -0.15) is 0 Å². The van der Waals surface area contributed by atoms with Crippen LogP contribution in [0.3, 0.4) is 0 Å². The van der Waals surface area contributed by atoms with Crippen molar-refractivity contribution >= 4 is 11.6 Å². The Morgan fingerprint density at radius 3 is 2.63 bits per heavy atom. The highest BCUT2D eigenvalue weighted by Gasteiger charge is 2.05. The molecule has 0 saturated carbocycles. The monoisotopic (exact) mass is 275 g/mol. The van der Waals surface area contributed by atoms with E-state index in [1.54, 1.807) is 0 Å². The zero-order valence-electron chi connectivity index (χ0n) is 11.0. The van der Waals surface area contributed by atoms with E-state index in [1.807, 2.05) is 36.4 Å². The van der Waals surface area contributed by atoms with E-state index < -0.39 is 0 Å². The fraction of sp³-hybridized carbons (Fsp3) is 0.250. The average molecular weight is 276 g/mol. The SMILES string of the molecule is CCNCc1ccc(Cl)cc1OCc1ccccc1. The number of ether oxygens (including phenoxy) is 1. The molecule has 19 heavy (non-hydrogen) atoms. The Labute approximate surface area is 119 Å². The molecule has 0 amide bonds. The number of benzene rings is 2. The topological polar surface area (TPSA) is 21.3 Å². The Morgan fingerprint density at radius 2 is 1.89 bits per heavy atom. The van der Waals surface area contributed by atoms with Crippen LogP contribution in [0.2, 0.25) is 5.02 Å². The summed E-state index contributed by atoms with van der Waals surface area (Å²) in [6.07, 6.45) is 0. The summed E-state index contributed by atoms with van der Waals surface area (Å²) in [7, 11) is 0. The lowest BCUT2D eigenvalue weighted by Gasteiger charge is -2.12. The molecule has 0 spiro atoms. The first kappa shape index (κ1) is 13.9. The molecule has 0 fully saturated rings. The van der Waals surface area contributed by atoms with Gasteiger partial charge >= 0.3 is 0 Å². The molecule has 0 heterocycles. The van der Waals surface area contributed by atoms with Gasteiger partial charge in [0.15, 0.2) is 0 Å². The Hall–Kier alpha value is -1.51. The zero-order valence-corrected chi connectivity index (χ0v) is 11.8. The van der Waals surface area contributed by atoms with Crippen LogP contribution in [0.5, 0.6) is 5.75 Å². The third-order valence-corrected chi connectivity index (χ3v) is 3.07. The van der Waals surface area contributed by atoms with Crippen LogP contribution < -0.4 is 10.1 Å². The Morgan fingerprint density at radius 1 is 1.11 bits per heavy atom. The lowest BCUT2D eigenvalue weighted by atomic mass is 10.2. The van der Waals surface area contributed by atoms with Crippen molar-refractivity contribution in [3.63, 3.8) is 0 Å². The first-order valence-corrected chi connectivity index (χ1v) is 6.83. The van der Waals surface area contributed by atoms with Crippen LogP contribution in [0.15, 0.2) is 48.5 Å². The van der Waals surface area contributed by atoms with E-state index in [4.69, 9.17) is 16.3 Å². The highest BCUT2D eigenvalue weighted by molar-refractivity contribution is 6.30. The maximum absolute atomic E-state index is 6.03. The number of rotatable bonds is 6. The van der Waals surface area contributed by atoms with Crippen molar-refractivity contribution in [2.45, 2.75) is 20.1 Å². The summed E-state index contributed by atoms with van der Waals surface area (Å²) in [6.45, 7) is 4.36. The van der Waals surface area contributed by atoms with Gasteiger partial charge in [-0.1, -0.05) is 54.9 Å². The third-order valence-electron chi connectivity index (χ3n) is 2.83. The molecule has 0 atom stereocenters. The minimum absolute atomic E-state index is 0.556. The van der Waals surface area contributed by atoms with Gasteiger partial charge in [0.2, 0.25) is 0 Å². The van der Waals surface area contributed by atoms with Gasteiger partial charge < -0.3 is 10.1 Å². The molecule has 0 aliphatic rings. The summed E-state index contributed by atoms with van der Waals surface area (Å²) in [5.41, 5.74) is 2.28.